The first-order valence-corrected chi connectivity index (χ1v) is 5.51. The molecule has 82 valence electrons. The number of likely N-dealkylation sites (tertiary alicyclic amines) is 1. The molecule has 0 spiro atoms. The maximum atomic E-state index is 12.7. The van der Waals surface area contributed by atoms with E-state index in [2.05, 4.69) is 16.0 Å². The van der Waals surface area contributed by atoms with Gasteiger partial charge >= 0.3 is 0 Å². The Labute approximate surface area is 90.1 Å². The van der Waals surface area contributed by atoms with Gasteiger partial charge in [-0.3, -0.25) is 9.88 Å². The molecule has 0 unspecified atom stereocenters. The average molecular weight is 208 g/mol. The van der Waals surface area contributed by atoms with Gasteiger partial charge in [-0.2, -0.15) is 0 Å². The normalized spacial score (nSPS) is 22.1. The lowest BCUT2D eigenvalue weighted by atomic mass is 10.2. The third-order valence-electron chi connectivity index (χ3n) is 3.01. The van der Waals surface area contributed by atoms with Crippen LogP contribution >= 0.6 is 0 Å². The second-order valence-corrected chi connectivity index (χ2v) is 4.25. The van der Waals surface area contributed by atoms with Gasteiger partial charge in [-0.05, 0) is 37.9 Å². The molecule has 1 aliphatic rings. The van der Waals surface area contributed by atoms with Crippen LogP contribution in [0.15, 0.2) is 18.3 Å². The van der Waals surface area contributed by atoms with Crippen LogP contribution < -0.4 is 0 Å². The first-order valence-electron chi connectivity index (χ1n) is 5.51. The second kappa shape index (κ2) is 4.71. The summed E-state index contributed by atoms with van der Waals surface area (Å²) in [6.45, 7) is 3.59. The van der Waals surface area contributed by atoms with Gasteiger partial charge in [0.2, 0.25) is 0 Å². The van der Waals surface area contributed by atoms with Crippen LogP contribution in [0.25, 0.3) is 0 Å². The van der Waals surface area contributed by atoms with E-state index in [0.717, 1.165) is 31.6 Å². The summed E-state index contributed by atoms with van der Waals surface area (Å²) in [6, 6.07) is 4.21. The highest BCUT2D eigenvalue weighted by atomic mass is 19.1. The highest BCUT2D eigenvalue weighted by molar-refractivity contribution is 5.12. The van der Waals surface area contributed by atoms with E-state index in [9.17, 15) is 4.39 Å². The molecular formula is C12H17FN2. The van der Waals surface area contributed by atoms with Gasteiger partial charge < -0.3 is 0 Å². The first kappa shape index (κ1) is 10.6. The third-order valence-corrected chi connectivity index (χ3v) is 3.01. The lowest BCUT2D eigenvalue weighted by molar-refractivity contribution is 0.205. The molecule has 1 fully saturated rings. The molecule has 1 saturated heterocycles. The van der Waals surface area contributed by atoms with Crippen molar-refractivity contribution in [2.45, 2.75) is 32.4 Å². The van der Waals surface area contributed by atoms with E-state index >= 15 is 0 Å². The van der Waals surface area contributed by atoms with Crippen LogP contribution in [0.1, 0.15) is 24.1 Å². The number of pyridine rings is 1. The van der Waals surface area contributed by atoms with Crippen molar-refractivity contribution in [2.24, 2.45) is 0 Å². The van der Waals surface area contributed by atoms with E-state index in [0.29, 0.717) is 0 Å². The standard InChI is InChI=1S/C12H17FN2/c1-10-4-5-11(14-8-10)9-15-6-2-3-12(15)7-13/h4-5,8,12H,2-3,6-7,9H2,1H3/t12-/m0/s1. The third kappa shape index (κ3) is 2.53. The topological polar surface area (TPSA) is 16.1 Å². The Bertz CT molecular complexity index is 310. The van der Waals surface area contributed by atoms with Gasteiger partial charge in [0.1, 0.15) is 6.67 Å². The number of alkyl halides is 1. The quantitative estimate of drug-likeness (QED) is 0.758. The van der Waals surface area contributed by atoms with Crippen LogP contribution in [-0.4, -0.2) is 29.1 Å². The van der Waals surface area contributed by atoms with Gasteiger partial charge in [-0.15, -0.1) is 0 Å². The minimum Gasteiger partial charge on any atom is -0.292 e. The summed E-state index contributed by atoms with van der Waals surface area (Å²) in [5.74, 6) is 0. The number of nitrogens with zero attached hydrogens (tertiary/aromatic N) is 2. The van der Waals surface area contributed by atoms with Crippen LogP contribution in [0.2, 0.25) is 0 Å². The van der Waals surface area contributed by atoms with E-state index in [1.165, 1.54) is 5.56 Å². The van der Waals surface area contributed by atoms with Crippen molar-refractivity contribution in [1.29, 1.82) is 0 Å². The summed E-state index contributed by atoms with van der Waals surface area (Å²) >= 11 is 0. The summed E-state index contributed by atoms with van der Waals surface area (Å²) in [5.41, 5.74) is 2.21. The van der Waals surface area contributed by atoms with Crippen LogP contribution in [0.5, 0.6) is 0 Å². The lowest BCUT2D eigenvalue weighted by Gasteiger charge is -2.21. The van der Waals surface area contributed by atoms with Crippen molar-refractivity contribution in [1.82, 2.24) is 9.88 Å². The number of aryl methyl sites for hydroxylation is 1. The van der Waals surface area contributed by atoms with Gasteiger partial charge in [0.05, 0.1) is 5.69 Å². The number of hydrogen-bond acceptors (Lipinski definition) is 2. The second-order valence-electron chi connectivity index (χ2n) is 4.25. The van der Waals surface area contributed by atoms with Crippen molar-refractivity contribution < 1.29 is 4.39 Å². The minimum absolute atomic E-state index is 0.119. The Morgan fingerprint density at radius 1 is 1.53 bits per heavy atom. The van der Waals surface area contributed by atoms with E-state index in [4.69, 9.17) is 0 Å². The summed E-state index contributed by atoms with van der Waals surface area (Å²) in [4.78, 5) is 6.54. The molecule has 0 amide bonds. The summed E-state index contributed by atoms with van der Waals surface area (Å²) in [7, 11) is 0. The van der Waals surface area contributed by atoms with Crippen LogP contribution in [-0.2, 0) is 6.54 Å². The van der Waals surface area contributed by atoms with Crippen LogP contribution in [0.3, 0.4) is 0 Å². The van der Waals surface area contributed by atoms with Gasteiger partial charge in [0.15, 0.2) is 0 Å². The number of hydrogen-bond donors (Lipinski definition) is 0. The molecule has 0 radical (unpaired) electrons. The molecule has 1 atom stereocenters. The van der Waals surface area contributed by atoms with E-state index in [-0.39, 0.29) is 12.7 Å². The fourth-order valence-electron chi connectivity index (χ4n) is 2.08. The summed E-state index contributed by atoms with van der Waals surface area (Å²) in [6.07, 6.45) is 3.97. The van der Waals surface area contributed by atoms with Gasteiger partial charge in [0.25, 0.3) is 0 Å². The van der Waals surface area contributed by atoms with Crippen molar-refractivity contribution in [3.8, 4) is 0 Å². The molecule has 2 nitrogen and oxygen atoms in total. The predicted octanol–water partition coefficient (Wildman–Crippen LogP) is 2.32. The molecule has 15 heavy (non-hydrogen) atoms. The molecule has 0 aromatic carbocycles. The monoisotopic (exact) mass is 208 g/mol. The van der Waals surface area contributed by atoms with E-state index < -0.39 is 0 Å². The highest BCUT2D eigenvalue weighted by Crippen LogP contribution is 2.19. The minimum atomic E-state index is -0.230. The zero-order valence-corrected chi connectivity index (χ0v) is 9.12. The maximum Gasteiger partial charge on any atom is 0.105 e. The lowest BCUT2D eigenvalue weighted by Crippen LogP contribution is -2.30. The summed E-state index contributed by atoms with van der Waals surface area (Å²) < 4.78 is 12.7. The van der Waals surface area contributed by atoms with Crippen LogP contribution in [0.4, 0.5) is 4.39 Å². The molecular weight excluding hydrogens is 191 g/mol. The van der Waals surface area contributed by atoms with Crippen molar-refractivity contribution in [3.63, 3.8) is 0 Å². The number of halogens is 1. The zero-order valence-electron chi connectivity index (χ0n) is 9.12. The van der Waals surface area contributed by atoms with Gasteiger partial charge in [-0.25, -0.2) is 4.39 Å². The van der Waals surface area contributed by atoms with Gasteiger partial charge in [0, 0.05) is 18.8 Å². The molecule has 0 aliphatic carbocycles. The summed E-state index contributed by atoms with van der Waals surface area (Å²) in [5, 5.41) is 0. The van der Waals surface area contributed by atoms with Gasteiger partial charge in [-0.1, -0.05) is 6.07 Å². The first-order chi connectivity index (χ1) is 7.29. The molecule has 1 aliphatic heterocycles. The highest BCUT2D eigenvalue weighted by Gasteiger charge is 2.24. The van der Waals surface area contributed by atoms with E-state index in [1.54, 1.807) is 0 Å². The van der Waals surface area contributed by atoms with Crippen molar-refractivity contribution in [3.05, 3.63) is 29.6 Å². The molecule has 1 aromatic heterocycles. The Hall–Kier alpha value is -0.960. The number of aromatic nitrogens is 1. The predicted molar refractivity (Wildman–Crippen MR) is 58.4 cm³/mol. The van der Waals surface area contributed by atoms with Crippen LogP contribution in [0, 0.1) is 6.92 Å². The Balaban J connectivity index is 1.99. The molecule has 0 bridgehead atoms. The largest absolute Gasteiger partial charge is 0.292 e. The maximum absolute atomic E-state index is 12.7. The fraction of sp³-hybridized carbons (Fsp3) is 0.583. The molecule has 0 N–H and O–H groups in total. The zero-order chi connectivity index (χ0) is 10.7. The molecule has 2 heterocycles. The van der Waals surface area contributed by atoms with E-state index in [1.807, 2.05) is 19.2 Å². The Kier molecular flexibility index (Phi) is 3.31. The smallest absolute Gasteiger partial charge is 0.105 e. The Morgan fingerprint density at radius 2 is 2.40 bits per heavy atom. The molecule has 3 heteroatoms. The fourth-order valence-corrected chi connectivity index (χ4v) is 2.08. The Morgan fingerprint density at radius 3 is 3.07 bits per heavy atom. The molecule has 0 saturated carbocycles. The van der Waals surface area contributed by atoms with Crippen molar-refractivity contribution >= 4 is 0 Å². The number of rotatable bonds is 3. The molecule has 1 aromatic rings. The average Bonchev–Trinajstić information content (AvgIpc) is 2.69. The van der Waals surface area contributed by atoms with Crippen molar-refractivity contribution in [2.75, 3.05) is 13.2 Å². The molecule has 2 rings (SSSR count). The SMILES string of the molecule is Cc1ccc(CN2CCC[C@H]2CF)nc1.